The normalized spacial score (nSPS) is 19.3. The summed E-state index contributed by atoms with van der Waals surface area (Å²) >= 11 is 0.598. The molecule has 0 saturated carbocycles. The zero-order chi connectivity index (χ0) is 64.0. The van der Waals surface area contributed by atoms with E-state index in [9.17, 15) is 13.7 Å². The van der Waals surface area contributed by atoms with Crippen LogP contribution in [0.1, 0.15) is 42.5 Å². The Balaban J connectivity index is 1.23. The fourth-order valence-electron chi connectivity index (χ4n) is 5.86. The molecule has 0 fully saturated rings. The van der Waals surface area contributed by atoms with Gasteiger partial charge in [-0.05, 0) is 45.9 Å². The Morgan fingerprint density at radius 1 is 0.357 bits per heavy atom. The number of hydrogen-bond acceptors (Lipinski definition) is 5. The van der Waals surface area contributed by atoms with Gasteiger partial charge in [0.1, 0.15) is 11.2 Å². The highest BCUT2D eigenvalue weighted by Crippen LogP contribution is 2.41. The summed E-state index contributed by atoms with van der Waals surface area (Å²) in [5.41, 5.74) is -8.23. The second-order valence-electron chi connectivity index (χ2n) is 11.6. The van der Waals surface area contributed by atoms with E-state index in [0.717, 1.165) is 0 Å². The van der Waals surface area contributed by atoms with Crippen molar-refractivity contribution in [2.24, 2.45) is 0 Å². The van der Waals surface area contributed by atoms with E-state index in [-0.39, 0.29) is 25.6 Å². The van der Waals surface area contributed by atoms with Gasteiger partial charge in [-0.3, -0.25) is 0 Å². The highest BCUT2D eigenvalue weighted by atomic mass is 32.1. The Morgan fingerprint density at radius 3 is 1.66 bits per heavy atom. The Morgan fingerprint density at radius 2 is 0.875 bits per heavy atom. The van der Waals surface area contributed by atoms with E-state index in [0.29, 0.717) is 11.3 Å². The molecule has 0 aliphatic carbocycles. The molecule has 0 atom stereocenters. The number of aromatic nitrogens is 3. The zero-order valence-corrected chi connectivity index (χ0v) is 28.5. The Labute approximate surface area is 370 Å². The fraction of sp³-hybridized carbons (Fsp3) is 0. The van der Waals surface area contributed by atoms with Crippen LogP contribution in [0.3, 0.4) is 0 Å². The van der Waals surface area contributed by atoms with Crippen LogP contribution in [0.25, 0.3) is 110 Å². The molecule has 5 heteroatoms. The molecule has 0 amide bonds. The lowest BCUT2D eigenvalue weighted by Crippen LogP contribution is -2.01. The summed E-state index contributed by atoms with van der Waals surface area (Å²) in [5.74, 6) is -2.69. The van der Waals surface area contributed by atoms with Gasteiger partial charge in [0.15, 0.2) is 17.5 Å². The lowest BCUT2D eigenvalue weighted by molar-refractivity contribution is 0.670. The number of benzene rings is 8. The van der Waals surface area contributed by atoms with Crippen LogP contribution >= 0.6 is 11.3 Å². The predicted molar refractivity (Wildman–Crippen MR) is 233 cm³/mol. The van der Waals surface area contributed by atoms with Crippen molar-refractivity contribution in [2.75, 3.05) is 0 Å². The third kappa shape index (κ3) is 5.48. The van der Waals surface area contributed by atoms with Gasteiger partial charge in [-0.2, -0.15) is 0 Å². The van der Waals surface area contributed by atoms with Gasteiger partial charge in [0.25, 0.3) is 0 Å². The SMILES string of the molecule is [2H]c1c([2H])c([2H])c(-c2c([2H])c([2H])c([2H])c([2H])c2-c2nc(-c3c([2H])c([2H])c(-c4c([2H])c([2H])c(-c5c([2H])c([2H])c([2H])c6c5oc5c([2H])c([2H])c([2H])c([2H])c56)c([2H])c4[2H])c([2H])c3[2H])nc(-c3c([2H])c([2H])c([2H])c4c3sc3c([2H])c([2H])c([2H])c([2H])c34)n2)c([2H])c1[2H]. The Kier molecular flexibility index (Phi) is 3.28. The Bertz CT molecular complexity index is 4990. The molecule has 0 N–H and O–H groups in total. The van der Waals surface area contributed by atoms with Crippen molar-refractivity contribution < 1.29 is 46.9 Å². The average Bonchev–Trinajstić information content (AvgIpc) is 1.71. The highest BCUT2D eigenvalue weighted by molar-refractivity contribution is 7.26. The van der Waals surface area contributed by atoms with Gasteiger partial charge >= 0.3 is 0 Å². The van der Waals surface area contributed by atoms with E-state index in [4.69, 9.17) is 33.2 Å². The number of hydrogen-bond donors (Lipinski definition) is 0. The molecule has 262 valence electrons. The largest absolute Gasteiger partial charge is 0.455 e. The summed E-state index contributed by atoms with van der Waals surface area (Å²) in [6, 6.07) is -28.0. The summed E-state index contributed by atoms with van der Waals surface area (Å²) in [6.45, 7) is 0. The first-order valence-electron chi connectivity index (χ1n) is 31.7. The van der Waals surface area contributed by atoms with E-state index in [2.05, 4.69) is 15.0 Å². The predicted octanol–water partition coefficient (Wildman–Crippen LogP) is 14.1. The van der Waals surface area contributed by atoms with Gasteiger partial charge in [0, 0.05) is 53.2 Å². The van der Waals surface area contributed by atoms with Crippen molar-refractivity contribution in [3.8, 4) is 67.5 Å². The number of nitrogens with zero attached hydrogens (tertiary/aromatic N) is 3. The third-order valence-corrected chi connectivity index (χ3v) is 9.49. The van der Waals surface area contributed by atoms with E-state index < -0.39 is 271 Å². The first-order valence-corrected chi connectivity index (χ1v) is 17.0. The van der Waals surface area contributed by atoms with Crippen molar-refractivity contribution >= 4 is 53.4 Å². The van der Waals surface area contributed by atoms with Crippen LogP contribution in [-0.4, -0.2) is 15.0 Å². The topological polar surface area (TPSA) is 51.8 Å². The average molecular weight is 765 g/mol. The second-order valence-corrected chi connectivity index (χ2v) is 12.6. The monoisotopic (exact) mass is 764 g/mol. The molecule has 56 heavy (non-hydrogen) atoms. The van der Waals surface area contributed by atoms with Crippen molar-refractivity contribution in [2.45, 2.75) is 0 Å². The number of para-hydroxylation sites is 2. The lowest BCUT2D eigenvalue weighted by atomic mass is 9.98. The molecule has 11 rings (SSSR count). The fourth-order valence-corrected chi connectivity index (χ4v) is 6.92. The number of rotatable bonds is 6. The maximum atomic E-state index is 9.51. The second kappa shape index (κ2) is 13.3. The van der Waals surface area contributed by atoms with Crippen LogP contribution in [0.2, 0.25) is 0 Å². The van der Waals surface area contributed by atoms with E-state index >= 15 is 0 Å². The molecule has 8 aromatic carbocycles. The summed E-state index contributed by atoms with van der Waals surface area (Å²) in [7, 11) is 0. The number of furan rings is 1. The molecule has 11 aromatic rings. The molecule has 4 nitrogen and oxygen atoms in total. The van der Waals surface area contributed by atoms with Crippen LogP contribution in [0.5, 0.6) is 0 Å². The van der Waals surface area contributed by atoms with Crippen LogP contribution in [0.15, 0.2) is 192 Å². The lowest BCUT2D eigenvalue weighted by Gasteiger charge is -2.12. The summed E-state index contributed by atoms with van der Waals surface area (Å²) in [4.78, 5) is 13.4. The number of fused-ring (bicyclic) bond motifs is 6. The summed E-state index contributed by atoms with van der Waals surface area (Å²) in [5, 5.41) is -1.39. The molecule has 0 unspecified atom stereocenters. The molecule has 0 aliphatic heterocycles. The zero-order valence-electron chi connectivity index (χ0n) is 58.7. The molecule has 0 radical (unpaired) electrons. The van der Waals surface area contributed by atoms with Crippen LogP contribution in [0, 0.1) is 0 Å². The van der Waals surface area contributed by atoms with E-state index in [1.54, 1.807) is 0 Å². The molecule has 3 aromatic heterocycles. The molecule has 0 aliphatic rings. The minimum atomic E-state index is -1.12. The summed E-state index contributed by atoms with van der Waals surface area (Å²) < 4.78 is 281. The van der Waals surface area contributed by atoms with Gasteiger partial charge in [0.2, 0.25) is 0 Å². The van der Waals surface area contributed by atoms with Crippen molar-refractivity contribution in [1.29, 1.82) is 0 Å². The van der Waals surface area contributed by atoms with Gasteiger partial charge in [-0.15, -0.1) is 11.3 Å². The van der Waals surface area contributed by atoms with E-state index in [1.807, 2.05) is 0 Å². The molecule has 0 bridgehead atoms. The molecular formula is C51H31N3OS. The molecule has 3 heterocycles. The Hall–Kier alpha value is -7.21. The van der Waals surface area contributed by atoms with Gasteiger partial charge < -0.3 is 4.42 Å². The molecule has 0 saturated heterocycles. The smallest absolute Gasteiger partial charge is 0.165 e. The minimum absolute atomic E-state index is 0.171. The maximum absolute atomic E-state index is 9.51. The van der Waals surface area contributed by atoms with Crippen LogP contribution < -0.4 is 0 Å². The van der Waals surface area contributed by atoms with Gasteiger partial charge in [-0.25, -0.2) is 15.0 Å². The quantitative estimate of drug-likeness (QED) is 0.169. The molecular weight excluding hydrogens is 703 g/mol. The minimum Gasteiger partial charge on any atom is -0.455 e. The van der Waals surface area contributed by atoms with Crippen molar-refractivity contribution in [3.05, 3.63) is 187 Å². The first-order chi connectivity index (χ1) is 40.6. The van der Waals surface area contributed by atoms with Crippen LogP contribution in [-0.2, 0) is 0 Å². The summed E-state index contributed by atoms with van der Waals surface area (Å²) in [6.07, 6.45) is 0. The first kappa shape index (κ1) is 13.8. The van der Waals surface area contributed by atoms with Gasteiger partial charge in [0.05, 0.1) is 42.5 Å². The van der Waals surface area contributed by atoms with Crippen molar-refractivity contribution in [3.63, 3.8) is 0 Å². The molecule has 0 spiro atoms. The highest BCUT2D eigenvalue weighted by Gasteiger charge is 2.19. The maximum Gasteiger partial charge on any atom is 0.165 e. The third-order valence-electron chi connectivity index (χ3n) is 8.37. The van der Waals surface area contributed by atoms with Gasteiger partial charge in [-0.1, -0.05) is 169 Å². The number of thiophene rings is 1. The van der Waals surface area contributed by atoms with Crippen molar-refractivity contribution in [1.82, 2.24) is 15.0 Å². The van der Waals surface area contributed by atoms with Crippen LogP contribution in [0.4, 0.5) is 0 Å². The standard InChI is InChI=1S/C51H31N3OS/c1-2-12-34(13-3-1)37-14-4-5-17-43(37)50-52-49(53-51(54-50)44-21-11-20-42-40-16-7-9-23-46(40)56-48(42)44)36-30-26-33(27-31-36)32-24-28-35(29-25-32)38-18-10-19-41-39-15-6-8-22-45(39)55-47(38)41/h1-31H/i1D,2D,3D,4D,5D,6D,7D,8D,9D,10D,11D,12D,13D,14D,15D,16D,17D,18D,19D,20D,21D,22D,23D,24D,25D,26D,27D,28D,29D,30D,31D. The van der Waals surface area contributed by atoms with E-state index in [1.165, 1.54) is 0 Å².